The Bertz CT molecular complexity index is 701. The molecule has 27 heavy (non-hydrogen) atoms. The van der Waals surface area contributed by atoms with Crippen molar-refractivity contribution in [3.05, 3.63) is 23.8 Å². The van der Waals surface area contributed by atoms with Crippen molar-refractivity contribution >= 4 is 17.7 Å². The second-order valence-corrected chi connectivity index (χ2v) is 6.74. The summed E-state index contributed by atoms with van der Waals surface area (Å²) >= 11 is 0. The van der Waals surface area contributed by atoms with Gasteiger partial charge in [-0.1, -0.05) is 6.07 Å². The van der Waals surface area contributed by atoms with E-state index in [1.807, 2.05) is 7.05 Å². The highest BCUT2D eigenvalue weighted by molar-refractivity contribution is 5.89. The molecule has 2 rings (SSSR count). The minimum absolute atomic E-state index is 0.0190. The van der Waals surface area contributed by atoms with Crippen LogP contribution in [-0.2, 0) is 20.8 Å². The van der Waals surface area contributed by atoms with Gasteiger partial charge < -0.3 is 31.1 Å². The fourth-order valence-electron chi connectivity index (χ4n) is 2.91. The molecule has 1 aliphatic rings. The van der Waals surface area contributed by atoms with Gasteiger partial charge in [0.15, 0.2) is 0 Å². The largest absolute Gasteiger partial charge is 0.508 e. The molecule has 9 nitrogen and oxygen atoms in total. The Labute approximate surface area is 157 Å². The first-order valence-corrected chi connectivity index (χ1v) is 8.82. The molecule has 9 heteroatoms. The zero-order chi connectivity index (χ0) is 20.0. The number of hydrogen-bond donors (Lipinski definition) is 4. The van der Waals surface area contributed by atoms with Crippen molar-refractivity contribution in [1.29, 1.82) is 0 Å². The summed E-state index contributed by atoms with van der Waals surface area (Å²) in [7, 11) is 1.97. The Morgan fingerprint density at radius 1 is 1.19 bits per heavy atom. The van der Waals surface area contributed by atoms with Gasteiger partial charge in [0.2, 0.25) is 17.7 Å². The topological polar surface area (TPSA) is 136 Å². The van der Waals surface area contributed by atoms with Crippen LogP contribution in [0.1, 0.15) is 18.4 Å². The molecule has 3 amide bonds. The third-order valence-corrected chi connectivity index (χ3v) is 4.55. The Morgan fingerprint density at radius 2 is 1.85 bits per heavy atom. The second kappa shape index (κ2) is 9.22. The average Bonchev–Trinajstić information content (AvgIpc) is 2.61. The number of amides is 3. The SMILES string of the molecule is CN1CCN(C(=O)[C@H](CCC(N)=O)NC(=O)Cc2ccc(O)cc2O)CC1. The van der Waals surface area contributed by atoms with Crippen LogP contribution < -0.4 is 11.1 Å². The van der Waals surface area contributed by atoms with E-state index in [1.54, 1.807) is 4.90 Å². The number of primary amides is 1. The first kappa shape index (κ1) is 20.5. The van der Waals surface area contributed by atoms with Gasteiger partial charge in [-0.2, -0.15) is 0 Å². The molecule has 5 N–H and O–H groups in total. The normalized spacial score (nSPS) is 16.0. The molecule has 1 atom stereocenters. The molecular formula is C18H26N4O5. The monoisotopic (exact) mass is 378 g/mol. The van der Waals surface area contributed by atoms with Gasteiger partial charge in [0.1, 0.15) is 17.5 Å². The molecule has 1 aromatic rings. The Kier molecular flexibility index (Phi) is 7.00. The lowest BCUT2D eigenvalue weighted by Gasteiger charge is -2.34. The van der Waals surface area contributed by atoms with Crippen molar-refractivity contribution in [3.63, 3.8) is 0 Å². The molecule has 1 saturated heterocycles. The molecule has 0 unspecified atom stereocenters. The summed E-state index contributed by atoms with van der Waals surface area (Å²) in [5, 5.41) is 21.8. The molecule has 0 aliphatic carbocycles. The minimum Gasteiger partial charge on any atom is -0.508 e. The quantitative estimate of drug-likeness (QED) is 0.489. The van der Waals surface area contributed by atoms with Gasteiger partial charge in [-0.15, -0.1) is 0 Å². The van der Waals surface area contributed by atoms with E-state index < -0.39 is 17.9 Å². The van der Waals surface area contributed by atoms with Crippen LogP contribution in [0.15, 0.2) is 18.2 Å². The molecule has 0 bridgehead atoms. The van der Waals surface area contributed by atoms with Gasteiger partial charge in [0.25, 0.3) is 0 Å². The number of phenols is 2. The van der Waals surface area contributed by atoms with Gasteiger partial charge in [-0.05, 0) is 19.5 Å². The number of rotatable bonds is 7. The maximum Gasteiger partial charge on any atom is 0.245 e. The van der Waals surface area contributed by atoms with Crippen LogP contribution in [0.2, 0.25) is 0 Å². The van der Waals surface area contributed by atoms with Crippen LogP contribution in [0, 0.1) is 0 Å². The lowest BCUT2D eigenvalue weighted by molar-refractivity contribution is -0.138. The summed E-state index contributed by atoms with van der Waals surface area (Å²) in [5.41, 5.74) is 5.51. The van der Waals surface area contributed by atoms with E-state index in [4.69, 9.17) is 5.73 Å². The van der Waals surface area contributed by atoms with Crippen LogP contribution in [0.4, 0.5) is 0 Å². The van der Waals surface area contributed by atoms with E-state index in [0.29, 0.717) is 18.7 Å². The summed E-state index contributed by atoms with van der Waals surface area (Å²) in [6.45, 7) is 2.58. The molecule has 0 aromatic heterocycles. The lowest BCUT2D eigenvalue weighted by Crippen LogP contribution is -2.54. The number of nitrogens with zero attached hydrogens (tertiary/aromatic N) is 2. The molecule has 1 aromatic carbocycles. The number of hydrogen-bond acceptors (Lipinski definition) is 6. The fraction of sp³-hybridized carbons (Fsp3) is 0.500. The predicted molar refractivity (Wildman–Crippen MR) is 97.9 cm³/mol. The number of carbonyl (C=O) groups is 3. The molecule has 1 heterocycles. The van der Waals surface area contributed by atoms with Crippen LogP contribution in [-0.4, -0.2) is 77.0 Å². The molecule has 1 fully saturated rings. The smallest absolute Gasteiger partial charge is 0.245 e. The zero-order valence-corrected chi connectivity index (χ0v) is 15.4. The van der Waals surface area contributed by atoms with Crippen LogP contribution in [0.5, 0.6) is 11.5 Å². The van der Waals surface area contributed by atoms with Crippen molar-refractivity contribution in [3.8, 4) is 11.5 Å². The number of piperazine rings is 1. The summed E-state index contributed by atoms with van der Waals surface area (Å²) in [6.07, 6.45) is -0.0576. The number of benzene rings is 1. The molecule has 0 saturated carbocycles. The zero-order valence-electron chi connectivity index (χ0n) is 15.4. The van der Waals surface area contributed by atoms with E-state index in [1.165, 1.54) is 12.1 Å². The number of nitrogens with two attached hydrogens (primary N) is 1. The van der Waals surface area contributed by atoms with Gasteiger partial charge in [-0.25, -0.2) is 0 Å². The van der Waals surface area contributed by atoms with Gasteiger partial charge in [0.05, 0.1) is 6.42 Å². The first-order chi connectivity index (χ1) is 12.8. The number of likely N-dealkylation sites (N-methyl/N-ethyl adjacent to an activating group) is 1. The second-order valence-electron chi connectivity index (χ2n) is 6.74. The van der Waals surface area contributed by atoms with Gasteiger partial charge >= 0.3 is 0 Å². The number of phenolic OH excluding ortho intramolecular Hbond substituents is 2. The highest BCUT2D eigenvalue weighted by Gasteiger charge is 2.28. The summed E-state index contributed by atoms with van der Waals surface area (Å²) in [5.74, 6) is -1.57. The minimum atomic E-state index is -0.854. The Morgan fingerprint density at radius 3 is 2.44 bits per heavy atom. The van der Waals surface area contributed by atoms with E-state index in [9.17, 15) is 24.6 Å². The van der Waals surface area contributed by atoms with E-state index in [-0.39, 0.29) is 36.7 Å². The van der Waals surface area contributed by atoms with Crippen molar-refractivity contribution in [2.75, 3.05) is 33.2 Å². The van der Waals surface area contributed by atoms with Crippen LogP contribution in [0.25, 0.3) is 0 Å². The fourth-order valence-corrected chi connectivity index (χ4v) is 2.91. The third kappa shape index (κ3) is 6.14. The molecule has 148 valence electrons. The lowest BCUT2D eigenvalue weighted by atomic mass is 10.1. The molecule has 1 aliphatic heterocycles. The third-order valence-electron chi connectivity index (χ3n) is 4.55. The summed E-state index contributed by atoms with van der Waals surface area (Å²) in [4.78, 5) is 40.0. The summed E-state index contributed by atoms with van der Waals surface area (Å²) in [6, 6.07) is 3.09. The van der Waals surface area contributed by atoms with Crippen molar-refractivity contribution < 1.29 is 24.6 Å². The number of aromatic hydroxyl groups is 2. The van der Waals surface area contributed by atoms with Gasteiger partial charge in [-0.3, -0.25) is 14.4 Å². The average molecular weight is 378 g/mol. The van der Waals surface area contributed by atoms with E-state index >= 15 is 0 Å². The van der Waals surface area contributed by atoms with Crippen molar-refractivity contribution in [2.45, 2.75) is 25.3 Å². The van der Waals surface area contributed by atoms with Crippen molar-refractivity contribution in [2.24, 2.45) is 5.73 Å². The number of carbonyl (C=O) groups excluding carboxylic acids is 3. The van der Waals surface area contributed by atoms with Crippen LogP contribution in [0.3, 0.4) is 0 Å². The highest BCUT2D eigenvalue weighted by Crippen LogP contribution is 2.23. The van der Waals surface area contributed by atoms with E-state index in [0.717, 1.165) is 19.2 Å². The molecule has 0 radical (unpaired) electrons. The predicted octanol–water partition coefficient (Wildman–Crippen LogP) is -0.835. The Hall–Kier alpha value is -2.81. The summed E-state index contributed by atoms with van der Waals surface area (Å²) < 4.78 is 0. The molecular weight excluding hydrogens is 352 g/mol. The number of nitrogens with one attached hydrogen (secondary N) is 1. The maximum atomic E-state index is 12.8. The Balaban J connectivity index is 2.03. The molecule has 0 spiro atoms. The first-order valence-electron chi connectivity index (χ1n) is 8.82. The van der Waals surface area contributed by atoms with Crippen molar-refractivity contribution in [1.82, 2.24) is 15.1 Å². The highest BCUT2D eigenvalue weighted by atomic mass is 16.3. The van der Waals surface area contributed by atoms with E-state index in [2.05, 4.69) is 10.2 Å². The van der Waals surface area contributed by atoms with Gasteiger partial charge in [0, 0.05) is 44.2 Å². The standard InChI is InChI=1S/C18H26N4O5/c1-21-6-8-22(9-7-21)18(27)14(4-5-16(19)25)20-17(26)10-12-2-3-13(23)11-15(12)24/h2-3,11,14,23-24H,4-10H2,1H3,(H2,19,25)(H,20,26)/t14-/m0/s1. The van der Waals surface area contributed by atoms with Crippen LogP contribution >= 0.6 is 0 Å². The maximum absolute atomic E-state index is 12.8.